The van der Waals surface area contributed by atoms with Gasteiger partial charge in [0.15, 0.2) is 0 Å². The van der Waals surface area contributed by atoms with Gasteiger partial charge in [0.2, 0.25) is 11.8 Å². The maximum atomic E-state index is 12.9. The molecule has 4 heteroatoms. The lowest BCUT2D eigenvalue weighted by atomic mass is 9.73. The molecule has 0 heterocycles. The third kappa shape index (κ3) is 3.92. The molecule has 0 spiro atoms. The van der Waals surface area contributed by atoms with Crippen molar-refractivity contribution in [2.45, 2.75) is 71.0 Å². The van der Waals surface area contributed by atoms with Crippen molar-refractivity contribution < 1.29 is 9.59 Å². The molecule has 2 rings (SSSR count). The molecule has 1 N–H and O–H groups in total. The van der Waals surface area contributed by atoms with Gasteiger partial charge >= 0.3 is 0 Å². The van der Waals surface area contributed by atoms with Gasteiger partial charge in [-0.15, -0.1) is 0 Å². The van der Waals surface area contributed by atoms with Crippen molar-refractivity contribution in [1.29, 1.82) is 0 Å². The minimum absolute atomic E-state index is 0.0195. The SMILES string of the molecule is CCC(=O)N(Cc1ccccc1)C1(C(=O)NC(C)(C)C)CCC1. The van der Waals surface area contributed by atoms with Crippen molar-refractivity contribution in [3.05, 3.63) is 35.9 Å². The number of hydrogen-bond donors (Lipinski definition) is 1. The van der Waals surface area contributed by atoms with Gasteiger partial charge in [-0.25, -0.2) is 0 Å². The minimum Gasteiger partial charge on any atom is -0.349 e. The summed E-state index contributed by atoms with van der Waals surface area (Å²) in [6.45, 7) is 8.26. The van der Waals surface area contributed by atoms with Crippen LogP contribution < -0.4 is 5.32 Å². The van der Waals surface area contributed by atoms with Gasteiger partial charge in [-0.2, -0.15) is 0 Å². The second-order valence-corrected chi connectivity index (χ2v) is 7.41. The molecule has 0 unspecified atom stereocenters. The van der Waals surface area contributed by atoms with E-state index < -0.39 is 5.54 Å². The molecule has 0 bridgehead atoms. The lowest BCUT2D eigenvalue weighted by molar-refractivity contribution is -0.156. The van der Waals surface area contributed by atoms with E-state index in [1.807, 2.05) is 58.0 Å². The molecular formula is C19H28N2O2. The van der Waals surface area contributed by atoms with Crippen molar-refractivity contribution >= 4 is 11.8 Å². The van der Waals surface area contributed by atoms with Gasteiger partial charge < -0.3 is 10.2 Å². The quantitative estimate of drug-likeness (QED) is 0.906. The zero-order valence-electron chi connectivity index (χ0n) is 14.7. The second-order valence-electron chi connectivity index (χ2n) is 7.41. The van der Waals surface area contributed by atoms with E-state index in [4.69, 9.17) is 0 Å². The molecule has 1 aromatic carbocycles. The molecule has 0 atom stereocenters. The summed E-state index contributed by atoms with van der Waals surface area (Å²) in [7, 11) is 0. The standard InChI is InChI=1S/C19H28N2O2/c1-5-16(22)21(14-15-10-7-6-8-11-15)19(12-9-13-19)17(23)20-18(2,3)4/h6-8,10-11H,5,9,12-14H2,1-4H3,(H,20,23). The normalized spacial score (nSPS) is 16.3. The Morgan fingerprint density at radius 1 is 1.17 bits per heavy atom. The van der Waals surface area contributed by atoms with Gasteiger partial charge in [-0.1, -0.05) is 37.3 Å². The number of hydrogen-bond acceptors (Lipinski definition) is 2. The number of nitrogens with one attached hydrogen (secondary N) is 1. The highest BCUT2D eigenvalue weighted by atomic mass is 16.2. The first-order valence-corrected chi connectivity index (χ1v) is 8.45. The van der Waals surface area contributed by atoms with Crippen LogP contribution >= 0.6 is 0 Å². The Hall–Kier alpha value is -1.84. The molecule has 0 aliphatic heterocycles. The molecule has 4 nitrogen and oxygen atoms in total. The molecule has 1 aliphatic rings. The fourth-order valence-electron chi connectivity index (χ4n) is 3.02. The molecule has 1 fully saturated rings. The van der Waals surface area contributed by atoms with E-state index in [0.717, 1.165) is 24.8 Å². The lowest BCUT2D eigenvalue weighted by Crippen LogP contribution is -2.66. The molecule has 0 radical (unpaired) electrons. The summed E-state index contributed by atoms with van der Waals surface area (Å²) in [5.74, 6) is 0.0200. The van der Waals surface area contributed by atoms with Gasteiger partial charge in [0.1, 0.15) is 5.54 Å². The van der Waals surface area contributed by atoms with Gasteiger partial charge in [0, 0.05) is 18.5 Å². The Bertz CT molecular complexity index is 556. The summed E-state index contributed by atoms with van der Waals surface area (Å²) in [6, 6.07) is 9.90. The summed E-state index contributed by atoms with van der Waals surface area (Å²) in [5, 5.41) is 3.07. The highest BCUT2D eigenvalue weighted by Crippen LogP contribution is 2.39. The minimum atomic E-state index is -0.684. The Balaban J connectivity index is 2.28. The van der Waals surface area contributed by atoms with Crippen molar-refractivity contribution in [2.24, 2.45) is 0 Å². The van der Waals surface area contributed by atoms with E-state index in [2.05, 4.69) is 5.32 Å². The summed E-state index contributed by atoms with van der Waals surface area (Å²) >= 11 is 0. The molecule has 1 aliphatic carbocycles. The van der Waals surface area contributed by atoms with Crippen LogP contribution in [0.3, 0.4) is 0 Å². The largest absolute Gasteiger partial charge is 0.349 e. The average Bonchev–Trinajstić information content (AvgIpc) is 2.43. The Labute approximate surface area is 139 Å². The van der Waals surface area contributed by atoms with E-state index in [0.29, 0.717) is 13.0 Å². The first kappa shape index (κ1) is 17.5. The number of carbonyl (C=O) groups excluding carboxylic acids is 2. The van der Waals surface area contributed by atoms with E-state index >= 15 is 0 Å². The zero-order valence-corrected chi connectivity index (χ0v) is 14.7. The number of benzene rings is 1. The molecule has 1 aromatic rings. The van der Waals surface area contributed by atoms with Crippen LogP contribution in [0, 0.1) is 0 Å². The van der Waals surface area contributed by atoms with E-state index in [-0.39, 0.29) is 17.4 Å². The van der Waals surface area contributed by atoms with E-state index in [9.17, 15) is 9.59 Å². The molecule has 0 saturated heterocycles. The first-order valence-electron chi connectivity index (χ1n) is 8.45. The van der Waals surface area contributed by atoms with Crippen molar-refractivity contribution in [3.8, 4) is 0 Å². The maximum Gasteiger partial charge on any atom is 0.246 e. The third-order valence-corrected chi connectivity index (χ3v) is 4.40. The maximum absolute atomic E-state index is 12.9. The van der Waals surface area contributed by atoms with Crippen LogP contribution in [0.4, 0.5) is 0 Å². The van der Waals surface area contributed by atoms with Crippen LogP contribution in [0.1, 0.15) is 58.9 Å². The summed E-state index contributed by atoms with van der Waals surface area (Å²) in [4.78, 5) is 27.3. The topological polar surface area (TPSA) is 49.4 Å². The summed E-state index contributed by atoms with van der Waals surface area (Å²) in [6.07, 6.45) is 2.89. The molecule has 2 amide bonds. The predicted octanol–water partition coefficient (Wildman–Crippen LogP) is 3.26. The van der Waals surface area contributed by atoms with Crippen molar-refractivity contribution in [3.63, 3.8) is 0 Å². The number of carbonyl (C=O) groups is 2. The number of rotatable bonds is 5. The smallest absolute Gasteiger partial charge is 0.246 e. The van der Waals surface area contributed by atoms with Gasteiger partial charge in [0.25, 0.3) is 0 Å². The monoisotopic (exact) mass is 316 g/mol. The van der Waals surface area contributed by atoms with Crippen LogP contribution in [-0.2, 0) is 16.1 Å². The van der Waals surface area contributed by atoms with E-state index in [1.54, 1.807) is 4.90 Å². The fourth-order valence-corrected chi connectivity index (χ4v) is 3.02. The molecule has 126 valence electrons. The Kier molecular flexibility index (Phi) is 5.12. The van der Waals surface area contributed by atoms with Gasteiger partial charge in [-0.05, 0) is 45.6 Å². The molecule has 0 aromatic heterocycles. The molecule has 1 saturated carbocycles. The van der Waals surface area contributed by atoms with Crippen molar-refractivity contribution in [1.82, 2.24) is 10.2 Å². The van der Waals surface area contributed by atoms with Crippen LogP contribution in [-0.4, -0.2) is 27.8 Å². The van der Waals surface area contributed by atoms with Gasteiger partial charge in [0.05, 0.1) is 0 Å². The van der Waals surface area contributed by atoms with E-state index in [1.165, 1.54) is 0 Å². The highest BCUT2D eigenvalue weighted by Gasteiger charge is 2.51. The molecule has 23 heavy (non-hydrogen) atoms. The first-order chi connectivity index (χ1) is 10.8. The molecular weight excluding hydrogens is 288 g/mol. The second kappa shape index (κ2) is 6.73. The van der Waals surface area contributed by atoms with Crippen LogP contribution in [0.25, 0.3) is 0 Å². The third-order valence-electron chi connectivity index (χ3n) is 4.40. The summed E-state index contributed by atoms with van der Waals surface area (Å²) in [5.41, 5.74) is 0.0768. The number of amides is 2. The lowest BCUT2D eigenvalue weighted by Gasteiger charge is -2.49. The summed E-state index contributed by atoms with van der Waals surface area (Å²) < 4.78 is 0. The highest BCUT2D eigenvalue weighted by molar-refractivity contribution is 5.92. The number of nitrogens with zero attached hydrogens (tertiary/aromatic N) is 1. The van der Waals surface area contributed by atoms with Crippen molar-refractivity contribution in [2.75, 3.05) is 0 Å². The van der Waals surface area contributed by atoms with Gasteiger partial charge in [-0.3, -0.25) is 9.59 Å². The van der Waals surface area contributed by atoms with Crippen LogP contribution in [0.2, 0.25) is 0 Å². The fraction of sp³-hybridized carbons (Fsp3) is 0.579. The Morgan fingerprint density at radius 2 is 1.78 bits per heavy atom. The zero-order chi connectivity index (χ0) is 17.1. The van der Waals surface area contributed by atoms with Crippen LogP contribution in [0.15, 0.2) is 30.3 Å². The average molecular weight is 316 g/mol. The van der Waals surface area contributed by atoms with Crippen LogP contribution in [0.5, 0.6) is 0 Å². The predicted molar refractivity (Wildman–Crippen MR) is 91.8 cm³/mol. The Morgan fingerprint density at radius 3 is 2.22 bits per heavy atom.